The highest BCUT2D eigenvalue weighted by Gasteiger charge is 2.30. The lowest BCUT2D eigenvalue weighted by atomic mass is 9.95. The smallest absolute Gasteiger partial charge is 0.341 e. The number of ether oxygens (including phenoxy) is 1. The maximum absolute atomic E-state index is 14.7. The van der Waals surface area contributed by atoms with E-state index in [0.717, 1.165) is 66.1 Å². The first-order valence-electron chi connectivity index (χ1n) is 12.7. The third-order valence-corrected chi connectivity index (χ3v) is 9.10. The maximum atomic E-state index is 14.7. The number of thiophene rings is 2. The number of esters is 1. The van der Waals surface area contributed by atoms with E-state index >= 15 is 0 Å². The number of amides is 2. The summed E-state index contributed by atoms with van der Waals surface area (Å²) in [7, 11) is 0. The molecule has 1 aliphatic carbocycles. The summed E-state index contributed by atoms with van der Waals surface area (Å²) in [5.41, 5.74) is 3.55. The number of urea groups is 1. The van der Waals surface area contributed by atoms with Crippen molar-refractivity contribution in [2.24, 2.45) is 0 Å². The third-order valence-electron chi connectivity index (χ3n) is 6.58. The molecule has 1 aromatic carbocycles. The lowest BCUT2D eigenvalue weighted by Crippen LogP contribution is -2.30. The van der Waals surface area contributed by atoms with E-state index in [4.69, 9.17) is 4.74 Å². The molecule has 3 heterocycles. The Kier molecular flexibility index (Phi) is 7.38. The predicted molar refractivity (Wildman–Crippen MR) is 147 cm³/mol. The van der Waals surface area contributed by atoms with Gasteiger partial charge >= 0.3 is 12.0 Å². The topological polar surface area (TPSA) is 79.5 Å². The zero-order chi connectivity index (χ0) is 26.2. The summed E-state index contributed by atoms with van der Waals surface area (Å²) < 4.78 is 20.4. The minimum atomic E-state index is -0.629. The molecule has 37 heavy (non-hydrogen) atoms. The van der Waals surface area contributed by atoms with E-state index in [0.29, 0.717) is 16.1 Å². The Balaban J connectivity index is 1.39. The Morgan fingerprint density at radius 1 is 1.05 bits per heavy atom. The lowest BCUT2D eigenvalue weighted by Gasteiger charge is -2.21. The standard InChI is InChI=1S/C28H32FN3O3S2/c1-28(2,3)35-26(33)23-18-9-5-7-11-21(18)37-25(23)32-27(34)31-14-19-16-12-13-30-15-22(16)36-24(19)17-8-4-6-10-20(17)29/h4,6,8,10,30H,5,7,9,11-15H2,1-3H3,(H2,31,32,34). The highest BCUT2D eigenvalue weighted by atomic mass is 32.1. The number of benzene rings is 1. The Hall–Kier alpha value is -2.75. The summed E-state index contributed by atoms with van der Waals surface area (Å²) >= 11 is 3.05. The van der Waals surface area contributed by atoms with Gasteiger partial charge in [-0.1, -0.05) is 18.2 Å². The number of anilines is 1. The van der Waals surface area contributed by atoms with Crippen LogP contribution in [0, 0.1) is 5.82 Å². The average molecular weight is 542 g/mol. The fraction of sp³-hybridized carbons (Fsp3) is 0.429. The van der Waals surface area contributed by atoms with E-state index in [1.54, 1.807) is 23.5 Å². The van der Waals surface area contributed by atoms with Crippen molar-refractivity contribution < 1.29 is 18.7 Å². The number of halogens is 1. The average Bonchev–Trinajstić information content (AvgIpc) is 3.39. The fourth-order valence-electron chi connectivity index (χ4n) is 4.96. The van der Waals surface area contributed by atoms with Crippen LogP contribution in [0.5, 0.6) is 0 Å². The second-order valence-electron chi connectivity index (χ2n) is 10.4. The zero-order valence-corrected chi connectivity index (χ0v) is 23.0. The van der Waals surface area contributed by atoms with Crippen LogP contribution in [0.4, 0.5) is 14.2 Å². The van der Waals surface area contributed by atoms with Gasteiger partial charge in [0.05, 0.1) is 5.56 Å². The SMILES string of the molecule is CC(C)(C)OC(=O)c1c(NC(=O)NCc2c(-c3ccccc3F)sc3c2CCNC3)sc2c1CCCC2. The Morgan fingerprint density at radius 3 is 2.62 bits per heavy atom. The molecule has 1 aliphatic heterocycles. The highest BCUT2D eigenvalue weighted by molar-refractivity contribution is 7.17. The van der Waals surface area contributed by atoms with Crippen molar-refractivity contribution in [3.8, 4) is 10.4 Å². The van der Waals surface area contributed by atoms with Gasteiger partial charge in [0.25, 0.3) is 0 Å². The summed E-state index contributed by atoms with van der Waals surface area (Å²) in [6.45, 7) is 7.39. The molecule has 6 nitrogen and oxygen atoms in total. The molecule has 0 atom stereocenters. The molecule has 0 radical (unpaired) electrons. The first kappa shape index (κ1) is 25.9. The van der Waals surface area contributed by atoms with Gasteiger partial charge in [-0.05, 0) is 82.2 Å². The number of carbonyl (C=O) groups is 2. The summed E-state index contributed by atoms with van der Waals surface area (Å²) in [6, 6.07) is 6.37. The minimum Gasteiger partial charge on any atom is -0.456 e. The van der Waals surface area contributed by atoms with Crippen LogP contribution in [-0.2, 0) is 37.1 Å². The molecule has 196 valence electrons. The van der Waals surface area contributed by atoms with E-state index in [9.17, 15) is 14.0 Å². The molecular formula is C28H32FN3O3S2. The normalized spacial score (nSPS) is 15.0. The summed E-state index contributed by atoms with van der Waals surface area (Å²) in [5.74, 6) is -0.672. The number of aryl methyl sites for hydroxylation is 1. The van der Waals surface area contributed by atoms with Crippen molar-refractivity contribution in [2.75, 3.05) is 11.9 Å². The van der Waals surface area contributed by atoms with E-state index in [-0.39, 0.29) is 12.4 Å². The quantitative estimate of drug-likeness (QED) is 0.326. The van der Waals surface area contributed by atoms with Crippen LogP contribution < -0.4 is 16.0 Å². The number of nitrogens with one attached hydrogen (secondary N) is 3. The van der Waals surface area contributed by atoms with Crippen LogP contribution in [0.3, 0.4) is 0 Å². The molecule has 0 fully saturated rings. The first-order chi connectivity index (χ1) is 17.7. The largest absolute Gasteiger partial charge is 0.456 e. The molecule has 2 aliphatic rings. The van der Waals surface area contributed by atoms with E-state index in [1.165, 1.54) is 27.8 Å². The second kappa shape index (κ2) is 10.6. The van der Waals surface area contributed by atoms with Gasteiger partial charge in [-0.2, -0.15) is 0 Å². The van der Waals surface area contributed by atoms with Gasteiger partial charge in [-0.25, -0.2) is 14.0 Å². The van der Waals surface area contributed by atoms with Gasteiger partial charge in [-0.15, -0.1) is 22.7 Å². The van der Waals surface area contributed by atoms with Crippen molar-refractivity contribution in [1.29, 1.82) is 0 Å². The van der Waals surface area contributed by atoms with E-state index < -0.39 is 17.6 Å². The Bertz CT molecular complexity index is 1340. The third kappa shape index (κ3) is 5.58. The van der Waals surface area contributed by atoms with Crippen LogP contribution in [0.2, 0.25) is 0 Å². The lowest BCUT2D eigenvalue weighted by molar-refractivity contribution is 0.00699. The molecule has 0 saturated heterocycles. The van der Waals surface area contributed by atoms with Gasteiger partial charge in [-0.3, -0.25) is 5.32 Å². The van der Waals surface area contributed by atoms with Gasteiger partial charge in [0.15, 0.2) is 0 Å². The number of hydrogen-bond acceptors (Lipinski definition) is 6. The molecule has 0 spiro atoms. The minimum absolute atomic E-state index is 0.272. The molecule has 0 saturated carbocycles. The highest BCUT2D eigenvalue weighted by Crippen LogP contribution is 2.40. The van der Waals surface area contributed by atoms with Crippen LogP contribution in [-0.4, -0.2) is 24.1 Å². The number of hydrogen-bond donors (Lipinski definition) is 3. The molecule has 0 bridgehead atoms. The van der Waals surface area contributed by atoms with Crippen molar-refractivity contribution in [2.45, 2.75) is 71.6 Å². The van der Waals surface area contributed by atoms with Crippen LogP contribution >= 0.6 is 22.7 Å². The summed E-state index contributed by atoms with van der Waals surface area (Å²) in [5, 5.41) is 9.82. The molecule has 5 rings (SSSR count). The van der Waals surface area contributed by atoms with Gasteiger partial charge < -0.3 is 15.4 Å². The monoisotopic (exact) mass is 541 g/mol. The van der Waals surface area contributed by atoms with Gasteiger partial charge in [0.1, 0.15) is 16.4 Å². The van der Waals surface area contributed by atoms with Gasteiger partial charge in [0.2, 0.25) is 0 Å². The van der Waals surface area contributed by atoms with Gasteiger partial charge in [0, 0.05) is 33.3 Å². The van der Waals surface area contributed by atoms with Crippen LogP contribution in [0.1, 0.15) is 70.4 Å². The molecule has 0 unspecified atom stereocenters. The van der Waals surface area contributed by atoms with Crippen LogP contribution in [0.15, 0.2) is 24.3 Å². The van der Waals surface area contributed by atoms with Crippen molar-refractivity contribution in [3.63, 3.8) is 0 Å². The molecule has 2 aromatic heterocycles. The van der Waals surface area contributed by atoms with Crippen molar-refractivity contribution in [1.82, 2.24) is 10.6 Å². The molecular weight excluding hydrogens is 509 g/mol. The second-order valence-corrected chi connectivity index (χ2v) is 12.7. The molecule has 3 aromatic rings. The summed E-state index contributed by atoms with van der Waals surface area (Å²) in [4.78, 5) is 29.4. The summed E-state index contributed by atoms with van der Waals surface area (Å²) in [6.07, 6.45) is 4.64. The predicted octanol–water partition coefficient (Wildman–Crippen LogP) is 6.42. The number of fused-ring (bicyclic) bond motifs is 2. The molecule has 3 N–H and O–H groups in total. The zero-order valence-electron chi connectivity index (χ0n) is 21.4. The first-order valence-corrected chi connectivity index (χ1v) is 14.4. The fourth-order valence-corrected chi connectivity index (χ4v) is 7.60. The van der Waals surface area contributed by atoms with Crippen molar-refractivity contribution in [3.05, 3.63) is 62.1 Å². The number of carbonyl (C=O) groups excluding carboxylic acids is 2. The Labute approximate surface area is 224 Å². The van der Waals surface area contributed by atoms with Crippen LogP contribution in [0.25, 0.3) is 10.4 Å². The maximum Gasteiger partial charge on any atom is 0.341 e. The molecule has 9 heteroatoms. The number of rotatable bonds is 5. The van der Waals surface area contributed by atoms with Crippen molar-refractivity contribution >= 4 is 39.7 Å². The van der Waals surface area contributed by atoms with E-state index in [2.05, 4.69) is 16.0 Å². The molecule has 2 amide bonds. The van der Waals surface area contributed by atoms with E-state index in [1.807, 2.05) is 26.8 Å². The Morgan fingerprint density at radius 2 is 1.84 bits per heavy atom.